The van der Waals surface area contributed by atoms with Crippen LogP contribution < -0.4 is 5.32 Å². The van der Waals surface area contributed by atoms with Crippen LogP contribution in [0.3, 0.4) is 0 Å². The maximum atomic E-state index is 12.1. The molecule has 0 saturated carbocycles. The number of nitrogens with one attached hydrogen (secondary N) is 1. The van der Waals surface area contributed by atoms with Crippen LogP contribution in [0.2, 0.25) is 10.0 Å². The van der Waals surface area contributed by atoms with Crippen molar-refractivity contribution in [3.63, 3.8) is 0 Å². The molecule has 23 heavy (non-hydrogen) atoms. The number of nitrogens with zero attached hydrogens (tertiary/aromatic N) is 3. The van der Waals surface area contributed by atoms with E-state index in [-0.39, 0.29) is 27.8 Å². The summed E-state index contributed by atoms with van der Waals surface area (Å²) in [6, 6.07) is 4.73. The predicted octanol–water partition coefficient (Wildman–Crippen LogP) is 2.10. The number of aromatic nitrogens is 2. The minimum atomic E-state index is -1.16. The lowest BCUT2D eigenvalue weighted by molar-refractivity contribution is -0.385. The molecule has 1 aromatic carbocycles. The molecule has 2 rings (SSSR count). The highest BCUT2D eigenvalue weighted by atomic mass is 35.5. The van der Waals surface area contributed by atoms with Crippen molar-refractivity contribution >= 4 is 34.8 Å². The Morgan fingerprint density at radius 2 is 2.09 bits per heavy atom. The molecule has 0 radical (unpaired) electrons. The lowest BCUT2D eigenvalue weighted by Crippen LogP contribution is -2.30. The highest BCUT2D eigenvalue weighted by molar-refractivity contribution is 6.36. The molecule has 8 nitrogen and oxygen atoms in total. The van der Waals surface area contributed by atoms with Crippen molar-refractivity contribution in [3.05, 3.63) is 55.8 Å². The van der Waals surface area contributed by atoms with Gasteiger partial charge in [-0.15, -0.1) is 0 Å². The van der Waals surface area contributed by atoms with Gasteiger partial charge in [0.05, 0.1) is 11.0 Å². The Morgan fingerprint density at radius 1 is 1.48 bits per heavy atom. The standard InChI is InChI=1S/C13H12Cl2N4O4/c1-18-12(9(5-17-18)19(22)23)13(21)16-6-10(20)11-7(14)3-2-4-8(11)15/h2-5,10,20H,6H2,1H3,(H,16,21)/t10-/m1/s1. The molecule has 122 valence electrons. The molecule has 0 aliphatic rings. The highest BCUT2D eigenvalue weighted by Crippen LogP contribution is 2.30. The lowest BCUT2D eigenvalue weighted by atomic mass is 10.1. The van der Waals surface area contributed by atoms with Crippen LogP contribution in [0.5, 0.6) is 0 Å². The van der Waals surface area contributed by atoms with E-state index in [1.165, 1.54) is 7.05 Å². The lowest BCUT2D eigenvalue weighted by Gasteiger charge is -2.15. The van der Waals surface area contributed by atoms with Gasteiger partial charge in [0.15, 0.2) is 0 Å². The second-order valence-electron chi connectivity index (χ2n) is 4.62. The summed E-state index contributed by atoms with van der Waals surface area (Å²) in [7, 11) is 1.41. The van der Waals surface area contributed by atoms with E-state index in [2.05, 4.69) is 10.4 Å². The number of hydrogen-bond donors (Lipinski definition) is 2. The summed E-state index contributed by atoms with van der Waals surface area (Å²) < 4.78 is 1.09. The first kappa shape index (κ1) is 17.2. The minimum absolute atomic E-state index is 0.215. The Balaban J connectivity index is 2.14. The van der Waals surface area contributed by atoms with Crippen LogP contribution in [0, 0.1) is 10.1 Å². The number of benzene rings is 1. The quantitative estimate of drug-likeness (QED) is 0.627. The molecule has 0 bridgehead atoms. The maximum absolute atomic E-state index is 12.1. The zero-order valence-corrected chi connectivity index (χ0v) is 13.4. The van der Waals surface area contributed by atoms with Gasteiger partial charge in [-0.05, 0) is 12.1 Å². The minimum Gasteiger partial charge on any atom is -0.386 e. The first-order valence-corrected chi connectivity index (χ1v) is 7.15. The molecule has 2 N–H and O–H groups in total. The van der Waals surface area contributed by atoms with E-state index in [1.807, 2.05) is 0 Å². The van der Waals surface area contributed by atoms with E-state index in [9.17, 15) is 20.0 Å². The molecular formula is C13H12Cl2N4O4. The second kappa shape index (κ2) is 6.95. The summed E-state index contributed by atoms with van der Waals surface area (Å²) >= 11 is 11.9. The van der Waals surface area contributed by atoms with E-state index in [0.717, 1.165) is 10.9 Å². The number of hydrogen-bond acceptors (Lipinski definition) is 5. The van der Waals surface area contributed by atoms with Crippen LogP contribution in [-0.4, -0.2) is 32.3 Å². The Labute approximate surface area is 140 Å². The van der Waals surface area contributed by atoms with E-state index < -0.39 is 22.6 Å². The number of carbonyl (C=O) groups excluding carboxylic acids is 1. The molecule has 1 atom stereocenters. The number of amides is 1. The number of aliphatic hydroxyl groups is 1. The zero-order chi connectivity index (χ0) is 17.1. The SMILES string of the molecule is Cn1ncc([N+](=O)[O-])c1C(=O)NC[C@@H](O)c1c(Cl)cccc1Cl. The molecule has 0 fully saturated rings. The van der Waals surface area contributed by atoms with Crippen molar-refractivity contribution in [1.82, 2.24) is 15.1 Å². The van der Waals surface area contributed by atoms with Crippen molar-refractivity contribution in [1.29, 1.82) is 0 Å². The van der Waals surface area contributed by atoms with E-state index in [0.29, 0.717) is 0 Å². The number of halogens is 2. The van der Waals surface area contributed by atoms with Gasteiger partial charge in [-0.3, -0.25) is 19.6 Å². The van der Waals surface area contributed by atoms with Gasteiger partial charge in [0, 0.05) is 29.2 Å². The van der Waals surface area contributed by atoms with Crippen LogP contribution in [0.15, 0.2) is 24.4 Å². The summed E-state index contributed by atoms with van der Waals surface area (Å²) in [5.74, 6) is -0.737. The number of carbonyl (C=O) groups is 1. The first-order chi connectivity index (χ1) is 10.8. The van der Waals surface area contributed by atoms with Gasteiger partial charge in [-0.1, -0.05) is 29.3 Å². The molecule has 0 aliphatic carbocycles. The molecule has 1 aromatic heterocycles. The molecular weight excluding hydrogens is 347 g/mol. The average Bonchev–Trinajstić information content (AvgIpc) is 2.86. The molecule has 10 heteroatoms. The van der Waals surface area contributed by atoms with Gasteiger partial charge in [0.2, 0.25) is 5.69 Å². The Bertz CT molecular complexity index is 742. The molecule has 0 spiro atoms. The summed E-state index contributed by atoms with van der Waals surface area (Å²) in [4.78, 5) is 22.3. The monoisotopic (exact) mass is 358 g/mol. The van der Waals surface area contributed by atoms with Crippen LogP contribution in [0.1, 0.15) is 22.2 Å². The van der Waals surface area contributed by atoms with Gasteiger partial charge in [0.25, 0.3) is 5.91 Å². The number of nitro groups is 1. The van der Waals surface area contributed by atoms with Crippen molar-refractivity contribution in [3.8, 4) is 0 Å². The van der Waals surface area contributed by atoms with Crippen molar-refractivity contribution in [2.75, 3.05) is 6.54 Å². The van der Waals surface area contributed by atoms with Gasteiger partial charge >= 0.3 is 5.69 Å². The summed E-state index contributed by atoms with van der Waals surface area (Å²) in [6.07, 6.45) is -0.177. The third-order valence-corrected chi connectivity index (χ3v) is 3.78. The van der Waals surface area contributed by atoms with Crippen LogP contribution in [-0.2, 0) is 7.05 Å². The van der Waals surface area contributed by atoms with Crippen LogP contribution in [0.4, 0.5) is 5.69 Å². The fraction of sp³-hybridized carbons (Fsp3) is 0.231. The van der Waals surface area contributed by atoms with Gasteiger partial charge in [0.1, 0.15) is 6.20 Å². The van der Waals surface area contributed by atoms with E-state index in [4.69, 9.17) is 23.2 Å². The third-order valence-electron chi connectivity index (χ3n) is 3.12. The smallest absolute Gasteiger partial charge is 0.320 e. The number of aryl methyl sites for hydroxylation is 1. The fourth-order valence-electron chi connectivity index (χ4n) is 2.03. The normalized spacial score (nSPS) is 12.0. The van der Waals surface area contributed by atoms with Crippen LogP contribution in [0.25, 0.3) is 0 Å². The highest BCUT2D eigenvalue weighted by Gasteiger charge is 2.26. The first-order valence-electron chi connectivity index (χ1n) is 6.39. The van der Waals surface area contributed by atoms with Gasteiger partial charge < -0.3 is 10.4 Å². The molecule has 1 heterocycles. The summed E-state index contributed by atoms with van der Waals surface area (Å²) in [6.45, 7) is -0.218. The van der Waals surface area contributed by atoms with Crippen molar-refractivity contribution in [2.24, 2.45) is 7.05 Å². The summed E-state index contributed by atoms with van der Waals surface area (Å²) in [5.41, 5.74) is -0.363. The topological polar surface area (TPSA) is 110 Å². The fourth-order valence-corrected chi connectivity index (χ4v) is 2.68. The summed E-state index contributed by atoms with van der Waals surface area (Å²) in [5, 5.41) is 27.6. The average molecular weight is 359 g/mol. The van der Waals surface area contributed by atoms with E-state index >= 15 is 0 Å². The Kier molecular flexibility index (Phi) is 5.19. The molecule has 0 unspecified atom stereocenters. The van der Waals surface area contributed by atoms with E-state index in [1.54, 1.807) is 18.2 Å². The third kappa shape index (κ3) is 3.61. The number of rotatable bonds is 5. The number of aliphatic hydroxyl groups excluding tert-OH is 1. The van der Waals surface area contributed by atoms with Crippen molar-refractivity contribution in [2.45, 2.75) is 6.10 Å². The Hall–Kier alpha value is -2.16. The maximum Gasteiger partial charge on any atom is 0.320 e. The van der Waals surface area contributed by atoms with Gasteiger partial charge in [-0.2, -0.15) is 5.10 Å². The Morgan fingerprint density at radius 3 is 2.65 bits per heavy atom. The molecule has 0 aliphatic heterocycles. The molecule has 2 aromatic rings. The second-order valence-corrected chi connectivity index (χ2v) is 5.43. The predicted molar refractivity (Wildman–Crippen MR) is 83.6 cm³/mol. The largest absolute Gasteiger partial charge is 0.386 e. The van der Waals surface area contributed by atoms with Crippen molar-refractivity contribution < 1.29 is 14.8 Å². The van der Waals surface area contributed by atoms with Crippen LogP contribution >= 0.6 is 23.2 Å². The molecule has 0 saturated heterocycles. The zero-order valence-electron chi connectivity index (χ0n) is 11.9. The molecule has 1 amide bonds. The van der Waals surface area contributed by atoms with Gasteiger partial charge in [-0.25, -0.2) is 0 Å².